The van der Waals surface area contributed by atoms with Crippen molar-refractivity contribution in [2.45, 2.75) is 6.36 Å². The van der Waals surface area contributed by atoms with Crippen molar-refractivity contribution in [3.63, 3.8) is 0 Å². The Morgan fingerprint density at radius 2 is 2.07 bits per heavy atom. The number of rotatable bonds is 5. The van der Waals surface area contributed by atoms with E-state index in [1.54, 1.807) is 0 Å². The first-order chi connectivity index (χ1) is 13.1. The summed E-state index contributed by atoms with van der Waals surface area (Å²) in [6.07, 6.45) is -1.62. The van der Waals surface area contributed by atoms with Crippen LogP contribution in [0.25, 0.3) is 11.3 Å². The minimum Gasteiger partial charge on any atom is -0.405 e. The number of nitrogens with two attached hydrogens (primary N) is 2. The lowest BCUT2D eigenvalue weighted by atomic mass is 10.1. The van der Waals surface area contributed by atoms with E-state index in [0.717, 1.165) is 30.6 Å². The molecule has 0 radical (unpaired) electrons. The normalized spacial score (nSPS) is 12.2. The van der Waals surface area contributed by atoms with E-state index in [-0.39, 0.29) is 28.6 Å². The molecule has 2 aromatic rings. The number of nitrogen functional groups attached to an aromatic ring is 1. The van der Waals surface area contributed by atoms with Crippen LogP contribution >= 0.6 is 0 Å². The molecule has 0 aliphatic heterocycles. The standard InChI is InChI=1S/C16H14F4N6O2/c1-23-10(4-5-21)15(27)26-12-7-24-13(14(22)25-12)9-6-8(17)2-3-11(9)28-16(18,19)20/h2-7H,21H2,1H3,(H3,22,25,26,27)/b5-4-,23-10?. The summed E-state index contributed by atoms with van der Waals surface area (Å²) in [6.45, 7) is 0. The topological polar surface area (TPSA) is 129 Å². The predicted molar refractivity (Wildman–Crippen MR) is 93.8 cm³/mol. The first-order valence-electron chi connectivity index (χ1n) is 7.49. The van der Waals surface area contributed by atoms with Crippen molar-refractivity contribution < 1.29 is 27.1 Å². The van der Waals surface area contributed by atoms with Crippen molar-refractivity contribution in [3.8, 4) is 17.0 Å². The van der Waals surface area contributed by atoms with Crippen LogP contribution in [-0.2, 0) is 4.79 Å². The zero-order valence-corrected chi connectivity index (χ0v) is 14.3. The maximum absolute atomic E-state index is 13.5. The Labute approximate surface area is 155 Å². The van der Waals surface area contributed by atoms with E-state index in [0.29, 0.717) is 0 Å². The molecule has 0 saturated heterocycles. The quantitative estimate of drug-likeness (QED) is 0.523. The second-order valence-electron chi connectivity index (χ2n) is 5.10. The summed E-state index contributed by atoms with van der Waals surface area (Å²) in [4.78, 5) is 23.4. The Hall–Kier alpha value is -3.70. The van der Waals surface area contributed by atoms with Crippen molar-refractivity contribution in [3.05, 3.63) is 42.5 Å². The molecular formula is C16H14F4N6O2. The third kappa shape index (κ3) is 5.16. The lowest BCUT2D eigenvalue weighted by Crippen LogP contribution is -2.22. The van der Waals surface area contributed by atoms with Crippen molar-refractivity contribution in [1.29, 1.82) is 0 Å². The molecule has 148 valence electrons. The Bertz CT molecular complexity index is 943. The lowest BCUT2D eigenvalue weighted by molar-refractivity contribution is -0.274. The first kappa shape index (κ1) is 20.6. The second-order valence-corrected chi connectivity index (χ2v) is 5.10. The Morgan fingerprint density at radius 3 is 2.64 bits per heavy atom. The Balaban J connectivity index is 2.38. The highest BCUT2D eigenvalue weighted by atomic mass is 19.4. The average molecular weight is 398 g/mol. The van der Waals surface area contributed by atoms with E-state index in [1.165, 1.54) is 13.1 Å². The summed E-state index contributed by atoms with van der Waals surface area (Å²) in [6, 6.07) is 2.35. The van der Waals surface area contributed by atoms with Crippen LogP contribution in [0.3, 0.4) is 0 Å². The molecule has 8 nitrogen and oxygen atoms in total. The fraction of sp³-hybridized carbons (Fsp3) is 0.125. The number of aromatic nitrogens is 2. The minimum atomic E-state index is -5.00. The highest BCUT2D eigenvalue weighted by Crippen LogP contribution is 2.35. The van der Waals surface area contributed by atoms with Crippen molar-refractivity contribution >= 4 is 23.3 Å². The lowest BCUT2D eigenvalue weighted by Gasteiger charge is -2.14. The fourth-order valence-electron chi connectivity index (χ4n) is 2.10. The predicted octanol–water partition coefficient (Wildman–Crippen LogP) is 2.25. The molecule has 0 atom stereocenters. The minimum absolute atomic E-state index is 0.0158. The number of amides is 1. The van der Waals surface area contributed by atoms with Crippen LogP contribution in [0.1, 0.15) is 0 Å². The van der Waals surface area contributed by atoms with Crippen LogP contribution in [0.5, 0.6) is 5.75 Å². The summed E-state index contributed by atoms with van der Waals surface area (Å²) in [7, 11) is 1.37. The number of nitrogens with one attached hydrogen (secondary N) is 1. The highest BCUT2D eigenvalue weighted by molar-refractivity contribution is 6.47. The van der Waals surface area contributed by atoms with E-state index in [2.05, 4.69) is 25.0 Å². The van der Waals surface area contributed by atoms with Gasteiger partial charge in [-0.05, 0) is 30.5 Å². The molecule has 1 aromatic heterocycles. The van der Waals surface area contributed by atoms with E-state index in [4.69, 9.17) is 11.5 Å². The van der Waals surface area contributed by atoms with Crippen molar-refractivity contribution in [1.82, 2.24) is 9.97 Å². The summed E-state index contributed by atoms with van der Waals surface area (Å²) >= 11 is 0. The molecule has 0 spiro atoms. The maximum Gasteiger partial charge on any atom is 0.573 e. The Morgan fingerprint density at radius 1 is 1.36 bits per heavy atom. The largest absolute Gasteiger partial charge is 0.573 e. The van der Waals surface area contributed by atoms with Gasteiger partial charge >= 0.3 is 6.36 Å². The molecule has 5 N–H and O–H groups in total. The molecule has 1 amide bonds. The van der Waals surface area contributed by atoms with E-state index < -0.39 is 23.8 Å². The molecule has 12 heteroatoms. The van der Waals surface area contributed by atoms with Gasteiger partial charge in [-0.2, -0.15) is 0 Å². The summed E-state index contributed by atoms with van der Waals surface area (Å²) in [5.41, 5.74) is 10.3. The first-order valence-corrected chi connectivity index (χ1v) is 7.49. The van der Waals surface area contributed by atoms with Gasteiger partial charge in [-0.1, -0.05) is 0 Å². The van der Waals surface area contributed by atoms with Crippen LogP contribution in [0.2, 0.25) is 0 Å². The monoisotopic (exact) mass is 398 g/mol. The third-order valence-electron chi connectivity index (χ3n) is 3.19. The van der Waals surface area contributed by atoms with Crippen LogP contribution in [0, 0.1) is 5.82 Å². The van der Waals surface area contributed by atoms with Gasteiger partial charge in [0, 0.05) is 12.6 Å². The summed E-state index contributed by atoms with van der Waals surface area (Å²) < 4.78 is 55.1. The maximum atomic E-state index is 13.5. The molecular weight excluding hydrogens is 384 g/mol. The second kappa shape index (κ2) is 8.33. The number of aliphatic imine (C=N–C) groups is 1. The molecule has 28 heavy (non-hydrogen) atoms. The Kier molecular flexibility index (Phi) is 6.13. The molecule has 0 saturated carbocycles. The number of halogens is 4. The summed E-state index contributed by atoms with van der Waals surface area (Å²) in [5.74, 6) is -2.68. The van der Waals surface area contributed by atoms with E-state index in [9.17, 15) is 22.4 Å². The number of carbonyl (C=O) groups is 1. The van der Waals surface area contributed by atoms with Crippen molar-refractivity contribution in [2.24, 2.45) is 10.7 Å². The van der Waals surface area contributed by atoms with Crippen molar-refractivity contribution in [2.75, 3.05) is 18.1 Å². The van der Waals surface area contributed by atoms with Crippen LogP contribution < -0.4 is 21.5 Å². The van der Waals surface area contributed by atoms with Gasteiger partial charge in [-0.3, -0.25) is 9.79 Å². The number of benzene rings is 1. The number of ether oxygens (including phenoxy) is 1. The molecule has 0 fully saturated rings. The average Bonchev–Trinajstić information content (AvgIpc) is 2.60. The number of hydrogen-bond donors (Lipinski definition) is 3. The zero-order chi connectivity index (χ0) is 20.9. The van der Waals surface area contributed by atoms with Gasteiger partial charge in [0.1, 0.15) is 23.0 Å². The molecule has 1 heterocycles. The number of anilines is 2. The number of nitrogens with zero attached hydrogens (tertiary/aromatic N) is 3. The fourth-order valence-corrected chi connectivity index (χ4v) is 2.10. The van der Waals surface area contributed by atoms with Crippen LogP contribution in [0.15, 0.2) is 41.7 Å². The van der Waals surface area contributed by atoms with Crippen LogP contribution in [0.4, 0.5) is 29.2 Å². The molecule has 0 aliphatic rings. The molecule has 2 rings (SSSR count). The van der Waals surface area contributed by atoms with Gasteiger partial charge in [0.05, 0.1) is 6.20 Å². The van der Waals surface area contributed by atoms with Gasteiger partial charge in [0.15, 0.2) is 11.6 Å². The number of carbonyl (C=O) groups excluding carboxylic acids is 1. The zero-order valence-electron chi connectivity index (χ0n) is 14.3. The van der Waals surface area contributed by atoms with Gasteiger partial charge in [0.2, 0.25) is 0 Å². The molecule has 0 unspecified atom stereocenters. The smallest absolute Gasteiger partial charge is 0.405 e. The molecule has 0 aliphatic carbocycles. The van der Waals surface area contributed by atoms with Gasteiger partial charge in [0.25, 0.3) is 5.91 Å². The molecule has 0 bridgehead atoms. The van der Waals surface area contributed by atoms with Crippen LogP contribution in [-0.4, -0.2) is 35.0 Å². The van der Waals surface area contributed by atoms with E-state index in [1.807, 2.05) is 0 Å². The number of alkyl halides is 3. The van der Waals surface area contributed by atoms with Gasteiger partial charge in [-0.15, -0.1) is 13.2 Å². The van der Waals surface area contributed by atoms with Gasteiger partial charge < -0.3 is 21.5 Å². The molecule has 1 aromatic carbocycles. The third-order valence-corrected chi connectivity index (χ3v) is 3.19. The number of hydrogen-bond acceptors (Lipinski definition) is 7. The van der Waals surface area contributed by atoms with Gasteiger partial charge in [-0.25, -0.2) is 14.4 Å². The highest BCUT2D eigenvalue weighted by Gasteiger charge is 2.33. The summed E-state index contributed by atoms with van der Waals surface area (Å²) in [5, 5.41) is 2.35. The SMILES string of the molecule is CN=C(/C=C\N)C(=O)Nc1cnc(-c2cc(F)ccc2OC(F)(F)F)c(N)n1. The van der Waals surface area contributed by atoms with E-state index >= 15 is 0 Å².